The first-order valence-corrected chi connectivity index (χ1v) is 8.37. The summed E-state index contributed by atoms with van der Waals surface area (Å²) in [5.41, 5.74) is 0. The van der Waals surface area contributed by atoms with Gasteiger partial charge in [0.05, 0.1) is 12.2 Å². The topological polar surface area (TPSA) is 32.3 Å². The molecule has 0 saturated carbocycles. The summed E-state index contributed by atoms with van der Waals surface area (Å²) in [6.07, 6.45) is 3.72. The van der Waals surface area contributed by atoms with E-state index in [0.717, 1.165) is 18.9 Å². The van der Waals surface area contributed by atoms with Gasteiger partial charge in [0.25, 0.3) is 0 Å². The van der Waals surface area contributed by atoms with Gasteiger partial charge in [-0.2, -0.15) is 11.8 Å². The summed E-state index contributed by atoms with van der Waals surface area (Å²) in [5.74, 6) is 4.16. The van der Waals surface area contributed by atoms with E-state index in [9.17, 15) is 4.79 Å². The van der Waals surface area contributed by atoms with Crippen molar-refractivity contribution in [3.8, 4) is 0 Å². The van der Waals surface area contributed by atoms with Crippen molar-refractivity contribution in [1.29, 1.82) is 0 Å². The minimum atomic E-state index is 0.0537. The Bertz CT molecular complexity index is 290. The Morgan fingerprint density at radius 1 is 1.39 bits per heavy atom. The predicted molar refractivity (Wildman–Crippen MR) is 77.6 cm³/mol. The minimum Gasteiger partial charge on any atom is -0.326 e. The minimum absolute atomic E-state index is 0.0537. The monoisotopic (exact) mass is 270 g/mol. The lowest BCUT2D eigenvalue weighted by atomic mass is 10.0. The zero-order valence-corrected chi connectivity index (χ0v) is 12.6. The SMILES string of the molecule is CC(C)CC1NC(C)N(CC2CCSCC2)C1=O. The highest BCUT2D eigenvalue weighted by Gasteiger charge is 2.37. The van der Waals surface area contributed by atoms with E-state index < -0.39 is 0 Å². The molecule has 18 heavy (non-hydrogen) atoms. The Morgan fingerprint density at radius 2 is 2.06 bits per heavy atom. The summed E-state index contributed by atoms with van der Waals surface area (Å²) in [6, 6.07) is 0.0537. The second kappa shape index (κ2) is 6.29. The van der Waals surface area contributed by atoms with E-state index >= 15 is 0 Å². The van der Waals surface area contributed by atoms with Crippen molar-refractivity contribution >= 4 is 17.7 Å². The Kier molecular flexibility index (Phi) is 4.96. The molecule has 0 aromatic rings. The number of hydrogen-bond donors (Lipinski definition) is 1. The number of thioether (sulfide) groups is 1. The molecular weight excluding hydrogens is 244 g/mol. The highest BCUT2D eigenvalue weighted by molar-refractivity contribution is 7.99. The molecule has 1 amide bonds. The fourth-order valence-corrected chi connectivity index (χ4v) is 4.14. The number of nitrogens with zero attached hydrogens (tertiary/aromatic N) is 1. The number of hydrogen-bond acceptors (Lipinski definition) is 3. The first-order valence-electron chi connectivity index (χ1n) is 7.22. The van der Waals surface area contributed by atoms with Gasteiger partial charge in [0.2, 0.25) is 5.91 Å². The van der Waals surface area contributed by atoms with Crippen molar-refractivity contribution in [2.75, 3.05) is 18.1 Å². The van der Waals surface area contributed by atoms with E-state index in [4.69, 9.17) is 0 Å². The number of rotatable bonds is 4. The van der Waals surface area contributed by atoms with Gasteiger partial charge in [-0.3, -0.25) is 10.1 Å². The molecule has 0 aromatic heterocycles. The largest absolute Gasteiger partial charge is 0.326 e. The van der Waals surface area contributed by atoms with Crippen molar-refractivity contribution in [1.82, 2.24) is 10.2 Å². The van der Waals surface area contributed by atoms with Crippen LogP contribution in [0, 0.1) is 11.8 Å². The van der Waals surface area contributed by atoms with Gasteiger partial charge in [0.15, 0.2) is 0 Å². The first-order chi connectivity index (χ1) is 8.58. The van der Waals surface area contributed by atoms with E-state index in [1.807, 2.05) is 11.8 Å². The van der Waals surface area contributed by atoms with Crippen LogP contribution in [-0.2, 0) is 4.79 Å². The molecule has 2 rings (SSSR count). The standard InChI is InChI=1S/C14H26N2OS/c1-10(2)8-13-14(17)16(11(3)15-13)9-12-4-6-18-7-5-12/h10-13,15H,4-9H2,1-3H3. The van der Waals surface area contributed by atoms with E-state index in [-0.39, 0.29) is 12.2 Å². The normalized spacial score (nSPS) is 30.4. The van der Waals surface area contributed by atoms with Gasteiger partial charge in [-0.05, 0) is 49.5 Å². The van der Waals surface area contributed by atoms with Crippen molar-refractivity contribution in [2.24, 2.45) is 11.8 Å². The lowest BCUT2D eigenvalue weighted by Gasteiger charge is -2.29. The Balaban J connectivity index is 1.89. The van der Waals surface area contributed by atoms with E-state index in [1.165, 1.54) is 24.3 Å². The molecule has 1 N–H and O–H groups in total. The second-order valence-corrected chi connectivity index (χ2v) is 7.30. The molecule has 2 unspecified atom stereocenters. The highest BCUT2D eigenvalue weighted by atomic mass is 32.2. The Hall–Kier alpha value is -0.220. The number of carbonyl (C=O) groups is 1. The molecule has 4 heteroatoms. The van der Waals surface area contributed by atoms with Crippen LogP contribution in [-0.4, -0.2) is 41.1 Å². The fraction of sp³-hybridized carbons (Fsp3) is 0.929. The molecule has 0 aliphatic carbocycles. The van der Waals surface area contributed by atoms with Crippen LogP contribution in [0.1, 0.15) is 40.0 Å². The molecule has 0 radical (unpaired) electrons. The van der Waals surface area contributed by atoms with Crippen LogP contribution in [0.25, 0.3) is 0 Å². The molecule has 0 bridgehead atoms. The van der Waals surface area contributed by atoms with Crippen LogP contribution >= 0.6 is 11.8 Å². The van der Waals surface area contributed by atoms with Crippen molar-refractivity contribution < 1.29 is 4.79 Å². The van der Waals surface area contributed by atoms with Crippen molar-refractivity contribution in [3.05, 3.63) is 0 Å². The van der Waals surface area contributed by atoms with Crippen LogP contribution < -0.4 is 5.32 Å². The van der Waals surface area contributed by atoms with Crippen LogP contribution in [0.15, 0.2) is 0 Å². The average molecular weight is 270 g/mol. The summed E-state index contributed by atoms with van der Waals surface area (Å²) < 4.78 is 0. The Morgan fingerprint density at radius 3 is 2.67 bits per heavy atom. The lowest BCUT2D eigenvalue weighted by molar-refractivity contribution is -0.130. The van der Waals surface area contributed by atoms with Crippen LogP contribution in [0.2, 0.25) is 0 Å². The summed E-state index contributed by atoms with van der Waals surface area (Å²) >= 11 is 2.05. The average Bonchev–Trinajstić information content (AvgIpc) is 2.58. The first kappa shape index (κ1) is 14.2. The zero-order chi connectivity index (χ0) is 13.1. The second-order valence-electron chi connectivity index (χ2n) is 6.07. The fourth-order valence-electron chi connectivity index (χ4n) is 2.94. The van der Waals surface area contributed by atoms with Gasteiger partial charge in [-0.1, -0.05) is 13.8 Å². The van der Waals surface area contributed by atoms with Crippen LogP contribution in [0.4, 0.5) is 0 Å². The quantitative estimate of drug-likeness (QED) is 0.851. The molecule has 2 fully saturated rings. The molecule has 3 nitrogen and oxygen atoms in total. The summed E-state index contributed by atoms with van der Waals surface area (Å²) in [7, 11) is 0. The number of nitrogens with one attached hydrogen (secondary N) is 1. The molecule has 2 aliphatic rings. The van der Waals surface area contributed by atoms with Gasteiger partial charge < -0.3 is 4.90 Å². The maximum Gasteiger partial charge on any atom is 0.241 e. The molecule has 0 aromatic carbocycles. The van der Waals surface area contributed by atoms with Crippen LogP contribution in [0.3, 0.4) is 0 Å². The molecule has 2 heterocycles. The summed E-state index contributed by atoms with van der Waals surface area (Å²) in [5, 5.41) is 3.45. The van der Waals surface area contributed by atoms with E-state index in [2.05, 4.69) is 31.0 Å². The molecule has 2 saturated heterocycles. The predicted octanol–water partition coefficient (Wildman–Crippen LogP) is 2.32. The van der Waals surface area contributed by atoms with Gasteiger partial charge in [-0.15, -0.1) is 0 Å². The molecular formula is C14H26N2OS. The van der Waals surface area contributed by atoms with Gasteiger partial charge in [-0.25, -0.2) is 0 Å². The zero-order valence-electron chi connectivity index (χ0n) is 11.8. The van der Waals surface area contributed by atoms with Crippen LogP contribution in [0.5, 0.6) is 0 Å². The lowest BCUT2D eigenvalue weighted by Crippen LogP contribution is -2.39. The van der Waals surface area contributed by atoms with Crippen molar-refractivity contribution in [3.63, 3.8) is 0 Å². The maximum atomic E-state index is 12.4. The van der Waals surface area contributed by atoms with Crippen molar-refractivity contribution in [2.45, 2.75) is 52.2 Å². The maximum absolute atomic E-state index is 12.4. The summed E-state index contributed by atoms with van der Waals surface area (Å²) in [4.78, 5) is 14.5. The molecule has 2 atom stereocenters. The number of carbonyl (C=O) groups excluding carboxylic acids is 1. The van der Waals surface area contributed by atoms with Gasteiger partial charge in [0.1, 0.15) is 0 Å². The summed E-state index contributed by atoms with van der Waals surface area (Å²) in [6.45, 7) is 7.44. The highest BCUT2D eigenvalue weighted by Crippen LogP contribution is 2.26. The molecule has 2 aliphatic heterocycles. The van der Waals surface area contributed by atoms with Gasteiger partial charge >= 0.3 is 0 Å². The van der Waals surface area contributed by atoms with E-state index in [0.29, 0.717) is 11.8 Å². The third kappa shape index (κ3) is 3.41. The molecule has 104 valence electrons. The van der Waals surface area contributed by atoms with E-state index in [1.54, 1.807) is 0 Å². The number of amides is 1. The van der Waals surface area contributed by atoms with Gasteiger partial charge in [0, 0.05) is 6.54 Å². The Labute approximate surface area is 115 Å². The smallest absolute Gasteiger partial charge is 0.241 e. The third-order valence-electron chi connectivity index (χ3n) is 3.99. The third-order valence-corrected chi connectivity index (χ3v) is 5.04. The molecule has 0 spiro atoms.